The molecule has 0 bridgehead atoms. The van der Waals surface area contributed by atoms with Crippen molar-refractivity contribution >= 4 is 23.6 Å². The Labute approximate surface area is 127 Å². The van der Waals surface area contributed by atoms with Gasteiger partial charge in [0, 0.05) is 11.3 Å². The number of hydrogen-bond donors (Lipinski definition) is 2. The van der Waals surface area contributed by atoms with E-state index in [1.807, 2.05) is 0 Å². The molecule has 1 aliphatic heterocycles. The Bertz CT molecular complexity index is 535. The SMILES string of the molecule is C=CCOc1ccc(C(=O)NC2(C(=O)O)CCSC2)cc1. The molecule has 1 unspecified atom stereocenters. The number of ether oxygens (including phenoxy) is 1. The molecule has 1 saturated heterocycles. The van der Waals surface area contributed by atoms with Crippen molar-refractivity contribution in [1.29, 1.82) is 0 Å². The predicted octanol–water partition coefficient (Wildman–Crippen LogP) is 1.94. The van der Waals surface area contributed by atoms with E-state index < -0.39 is 11.5 Å². The minimum Gasteiger partial charge on any atom is -0.490 e. The Hall–Kier alpha value is -1.95. The average Bonchev–Trinajstić information content (AvgIpc) is 2.95. The van der Waals surface area contributed by atoms with Crippen molar-refractivity contribution in [3.05, 3.63) is 42.5 Å². The van der Waals surface area contributed by atoms with Gasteiger partial charge < -0.3 is 15.2 Å². The molecule has 1 heterocycles. The van der Waals surface area contributed by atoms with Crippen LogP contribution in [-0.2, 0) is 4.79 Å². The topological polar surface area (TPSA) is 75.6 Å². The number of hydrogen-bond acceptors (Lipinski definition) is 4. The van der Waals surface area contributed by atoms with E-state index in [0.29, 0.717) is 30.1 Å². The Balaban J connectivity index is 2.05. The monoisotopic (exact) mass is 307 g/mol. The molecule has 1 aromatic rings. The first kappa shape index (κ1) is 15.4. The van der Waals surface area contributed by atoms with E-state index in [4.69, 9.17) is 4.74 Å². The molecule has 1 fully saturated rings. The molecule has 2 rings (SSSR count). The molecule has 1 amide bonds. The normalized spacial score (nSPS) is 20.8. The van der Waals surface area contributed by atoms with Gasteiger partial charge in [0.15, 0.2) is 0 Å². The summed E-state index contributed by atoms with van der Waals surface area (Å²) in [5.74, 6) is 0.410. The molecule has 0 aromatic heterocycles. The van der Waals surface area contributed by atoms with E-state index in [-0.39, 0.29) is 5.91 Å². The molecule has 0 radical (unpaired) electrons. The summed E-state index contributed by atoms with van der Waals surface area (Å²) in [6.07, 6.45) is 2.08. The lowest BCUT2D eigenvalue weighted by Gasteiger charge is -2.24. The Kier molecular flexibility index (Phi) is 4.90. The fourth-order valence-corrected chi connectivity index (χ4v) is 3.36. The summed E-state index contributed by atoms with van der Waals surface area (Å²) in [5.41, 5.74) is -0.738. The number of carbonyl (C=O) groups excluding carboxylic acids is 1. The molecule has 6 heteroatoms. The molecule has 1 aliphatic rings. The van der Waals surface area contributed by atoms with Crippen LogP contribution in [0, 0.1) is 0 Å². The highest BCUT2D eigenvalue weighted by Gasteiger charge is 2.43. The summed E-state index contributed by atoms with van der Waals surface area (Å²) in [6.45, 7) is 3.95. The molecule has 0 spiro atoms. The number of carboxylic acids is 1. The van der Waals surface area contributed by atoms with Gasteiger partial charge in [-0.1, -0.05) is 12.7 Å². The molecular formula is C15H17NO4S. The van der Waals surface area contributed by atoms with Gasteiger partial charge in [-0.05, 0) is 36.4 Å². The minimum absolute atomic E-state index is 0.379. The minimum atomic E-state index is -1.15. The van der Waals surface area contributed by atoms with E-state index in [1.165, 1.54) is 11.8 Å². The van der Waals surface area contributed by atoms with Crippen molar-refractivity contribution < 1.29 is 19.4 Å². The van der Waals surface area contributed by atoms with Crippen molar-refractivity contribution in [3.8, 4) is 5.75 Å². The maximum Gasteiger partial charge on any atom is 0.330 e. The third kappa shape index (κ3) is 3.58. The van der Waals surface area contributed by atoms with Gasteiger partial charge in [-0.2, -0.15) is 11.8 Å². The summed E-state index contributed by atoms with van der Waals surface area (Å²) >= 11 is 1.53. The van der Waals surface area contributed by atoms with E-state index in [9.17, 15) is 14.7 Å². The quantitative estimate of drug-likeness (QED) is 0.786. The van der Waals surface area contributed by atoms with Gasteiger partial charge in [0.05, 0.1) is 0 Å². The molecule has 0 saturated carbocycles. The number of nitrogens with one attached hydrogen (secondary N) is 1. The zero-order valence-corrected chi connectivity index (χ0v) is 12.3. The van der Waals surface area contributed by atoms with Gasteiger partial charge in [-0.25, -0.2) is 4.79 Å². The first-order valence-electron chi connectivity index (χ1n) is 6.55. The smallest absolute Gasteiger partial charge is 0.330 e. The molecule has 5 nitrogen and oxygen atoms in total. The third-order valence-electron chi connectivity index (χ3n) is 3.27. The number of carboxylic acid groups (broad SMARTS) is 1. The molecule has 2 N–H and O–H groups in total. The second kappa shape index (κ2) is 6.67. The number of carbonyl (C=O) groups is 2. The van der Waals surface area contributed by atoms with Crippen LogP contribution in [-0.4, -0.2) is 40.6 Å². The van der Waals surface area contributed by atoms with E-state index in [2.05, 4.69) is 11.9 Å². The summed E-state index contributed by atoms with van der Waals surface area (Å²) in [5, 5.41) is 12.0. The maximum atomic E-state index is 12.2. The second-order valence-corrected chi connectivity index (χ2v) is 5.87. The van der Waals surface area contributed by atoms with Crippen LogP contribution in [0.5, 0.6) is 5.75 Å². The zero-order chi connectivity index (χ0) is 15.3. The van der Waals surface area contributed by atoms with Crippen LogP contribution in [0.2, 0.25) is 0 Å². The van der Waals surface area contributed by atoms with Gasteiger partial charge in [-0.3, -0.25) is 4.79 Å². The predicted molar refractivity (Wildman–Crippen MR) is 81.9 cm³/mol. The fourth-order valence-electron chi connectivity index (χ4n) is 2.03. The lowest BCUT2D eigenvalue weighted by molar-refractivity contribution is -0.143. The highest BCUT2D eigenvalue weighted by Crippen LogP contribution is 2.28. The molecule has 1 atom stereocenters. The molecular weight excluding hydrogens is 290 g/mol. The molecule has 112 valence electrons. The van der Waals surface area contributed by atoms with Crippen LogP contribution >= 0.6 is 11.8 Å². The number of rotatable bonds is 6. The molecule has 1 aromatic carbocycles. The van der Waals surface area contributed by atoms with Gasteiger partial charge in [0.1, 0.15) is 17.9 Å². The number of amides is 1. The van der Waals surface area contributed by atoms with E-state index in [1.54, 1.807) is 30.3 Å². The fraction of sp³-hybridized carbons (Fsp3) is 0.333. The van der Waals surface area contributed by atoms with Crippen molar-refractivity contribution in [2.75, 3.05) is 18.1 Å². The second-order valence-electron chi connectivity index (χ2n) is 4.77. The van der Waals surface area contributed by atoms with Gasteiger partial charge in [0.2, 0.25) is 0 Å². The first-order chi connectivity index (χ1) is 10.1. The van der Waals surface area contributed by atoms with Crippen molar-refractivity contribution in [2.24, 2.45) is 0 Å². The van der Waals surface area contributed by atoms with Crippen molar-refractivity contribution in [3.63, 3.8) is 0 Å². The Morgan fingerprint density at radius 3 is 2.67 bits per heavy atom. The zero-order valence-electron chi connectivity index (χ0n) is 11.5. The first-order valence-corrected chi connectivity index (χ1v) is 7.70. The van der Waals surface area contributed by atoms with Gasteiger partial charge in [0.25, 0.3) is 5.91 Å². The van der Waals surface area contributed by atoms with Crippen LogP contribution < -0.4 is 10.1 Å². The standard InChI is InChI=1S/C15H17NO4S/c1-2-8-20-12-5-3-11(4-6-12)13(17)16-15(14(18)19)7-9-21-10-15/h2-6H,1,7-10H2,(H,16,17)(H,18,19). The largest absolute Gasteiger partial charge is 0.490 e. The molecule has 21 heavy (non-hydrogen) atoms. The number of aliphatic carboxylic acids is 1. The van der Waals surface area contributed by atoms with Gasteiger partial charge >= 0.3 is 5.97 Å². The summed E-state index contributed by atoms with van der Waals surface area (Å²) in [6, 6.07) is 6.58. The number of thioether (sulfide) groups is 1. The van der Waals surface area contributed by atoms with Crippen LogP contribution in [0.4, 0.5) is 0 Å². The highest BCUT2D eigenvalue weighted by molar-refractivity contribution is 7.99. The number of benzene rings is 1. The van der Waals surface area contributed by atoms with Crippen LogP contribution in [0.15, 0.2) is 36.9 Å². The molecule has 0 aliphatic carbocycles. The Morgan fingerprint density at radius 2 is 2.14 bits per heavy atom. The maximum absolute atomic E-state index is 12.2. The highest BCUT2D eigenvalue weighted by atomic mass is 32.2. The average molecular weight is 307 g/mol. The van der Waals surface area contributed by atoms with Gasteiger partial charge in [-0.15, -0.1) is 0 Å². The van der Waals surface area contributed by atoms with Crippen LogP contribution in [0.25, 0.3) is 0 Å². The van der Waals surface area contributed by atoms with Crippen molar-refractivity contribution in [1.82, 2.24) is 5.32 Å². The summed E-state index contributed by atoms with van der Waals surface area (Å²) in [4.78, 5) is 23.6. The van der Waals surface area contributed by atoms with Crippen molar-refractivity contribution in [2.45, 2.75) is 12.0 Å². The van der Waals surface area contributed by atoms with E-state index in [0.717, 1.165) is 5.75 Å². The van der Waals surface area contributed by atoms with Crippen LogP contribution in [0.1, 0.15) is 16.8 Å². The van der Waals surface area contributed by atoms with E-state index >= 15 is 0 Å². The van der Waals surface area contributed by atoms with Crippen LogP contribution in [0.3, 0.4) is 0 Å². The lowest BCUT2D eigenvalue weighted by Crippen LogP contribution is -2.54. The lowest BCUT2D eigenvalue weighted by atomic mass is 9.98. The Morgan fingerprint density at radius 1 is 1.43 bits per heavy atom. The summed E-state index contributed by atoms with van der Waals surface area (Å²) < 4.78 is 5.33. The third-order valence-corrected chi connectivity index (χ3v) is 4.46. The summed E-state index contributed by atoms with van der Waals surface area (Å²) in [7, 11) is 0.